The molecule has 2 rings (SSSR count). The summed E-state index contributed by atoms with van der Waals surface area (Å²) in [7, 11) is 3.17. The molecule has 0 atom stereocenters. The first kappa shape index (κ1) is 18.8. The van der Waals surface area contributed by atoms with Crippen LogP contribution in [0.5, 0.6) is 11.5 Å². The summed E-state index contributed by atoms with van der Waals surface area (Å²) in [4.78, 5) is 21.4. The first-order valence-electron chi connectivity index (χ1n) is 8.17. The molecule has 0 aliphatic rings. The number of carbonyl (C=O) groups is 1. The van der Waals surface area contributed by atoms with Gasteiger partial charge in [0.2, 0.25) is 5.91 Å². The number of hydrogen-bond acceptors (Lipinski definition) is 5. The average molecular weight is 347 g/mol. The van der Waals surface area contributed by atoms with Gasteiger partial charge in [0.05, 0.1) is 39.3 Å². The summed E-state index contributed by atoms with van der Waals surface area (Å²) >= 11 is 0. The predicted molar refractivity (Wildman–Crippen MR) is 93.7 cm³/mol. The van der Waals surface area contributed by atoms with Gasteiger partial charge in [-0.1, -0.05) is 6.07 Å². The molecule has 1 amide bonds. The SMILES string of the molecule is COc1ccc(CCC(=O)N(CCO)Cc2cnc(C)[nH]2)cc1OC. The highest BCUT2D eigenvalue weighted by Gasteiger charge is 2.15. The number of amides is 1. The van der Waals surface area contributed by atoms with Crippen LogP contribution in [-0.4, -0.2) is 53.3 Å². The zero-order valence-electron chi connectivity index (χ0n) is 14.9. The van der Waals surface area contributed by atoms with Gasteiger partial charge in [-0.05, 0) is 31.0 Å². The van der Waals surface area contributed by atoms with E-state index in [0.717, 1.165) is 17.1 Å². The van der Waals surface area contributed by atoms with Gasteiger partial charge in [-0.2, -0.15) is 0 Å². The molecule has 0 unspecified atom stereocenters. The van der Waals surface area contributed by atoms with E-state index in [1.54, 1.807) is 25.3 Å². The molecule has 25 heavy (non-hydrogen) atoms. The van der Waals surface area contributed by atoms with E-state index in [1.807, 2.05) is 25.1 Å². The van der Waals surface area contributed by atoms with E-state index in [1.165, 1.54) is 0 Å². The van der Waals surface area contributed by atoms with Crippen LogP contribution in [-0.2, 0) is 17.8 Å². The maximum absolute atomic E-state index is 12.5. The van der Waals surface area contributed by atoms with E-state index >= 15 is 0 Å². The van der Waals surface area contributed by atoms with Crippen molar-refractivity contribution in [2.75, 3.05) is 27.4 Å². The van der Waals surface area contributed by atoms with Crippen LogP contribution in [0.2, 0.25) is 0 Å². The zero-order valence-corrected chi connectivity index (χ0v) is 14.9. The van der Waals surface area contributed by atoms with Crippen molar-refractivity contribution in [2.24, 2.45) is 0 Å². The van der Waals surface area contributed by atoms with Gasteiger partial charge in [0.15, 0.2) is 11.5 Å². The standard InChI is InChI=1S/C18H25N3O4/c1-13-19-11-15(20-13)12-21(8-9-22)18(23)7-5-14-4-6-16(24-2)17(10-14)25-3/h4,6,10-11,22H,5,7-9,12H2,1-3H3,(H,19,20). The predicted octanol–water partition coefficient (Wildman–Crippen LogP) is 1.69. The number of benzene rings is 1. The number of nitrogens with one attached hydrogen (secondary N) is 1. The Bertz CT molecular complexity index is 699. The summed E-state index contributed by atoms with van der Waals surface area (Å²) in [5, 5.41) is 9.23. The Hall–Kier alpha value is -2.54. The highest BCUT2D eigenvalue weighted by molar-refractivity contribution is 5.76. The van der Waals surface area contributed by atoms with Crippen molar-refractivity contribution >= 4 is 5.91 Å². The van der Waals surface area contributed by atoms with Crippen molar-refractivity contribution < 1.29 is 19.4 Å². The Labute approximate surface area is 147 Å². The minimum absolute atomic E-state index is 0.0175. The molecule has 136 valence electrons. The van der Waals surface area contributed by atoms with Crippen LogP contribution in [0.4, 0.5) is 0 Å². The van der Waals surface area contributed by atoms with E-state index in [4.69, 9.17) is 9.47 Å². The number of aliphatic hydroxyl groups is 1. The second-order valence-electron chi connectivity index (χ2n) is 5.72. The van der Waals surface area contributed by atoms with Gasteiger partial charge in [0.1, 0.15) is 5.82 Å². The van der Waals surface area contributed by atoms with Crippen LogP contribution >= 0.6 is 0 Å². The summed E-state index contributed by atoms with van der Waals surface area (Å²) in [6, 6.07) is 5.63. The number of rotatable bonds is 9. The fraction of sp³-hybridized carbons (Fsp3) is 0.444. The lowest BCUT2D eigenvalue weighted by Gasteiger charge is -2.21. The van der Waals surface area contributed by atoms with Crippen molar-refractivity contribution in [3.05, 3.63) is 41.5 Å². The maximum atomic E-state index is 12.5. The molecule has 0 saturated heterocycles. The number of ether oxygens (including phenoxy) is 2. The molecule has 1 heterocycles. The molecule has 0 aliphatic heterocycles. The minimum atomic E-state index is -0.0742. The molecular formula is C18H25N3O4. The molecule has 2 N–H and O–H groups in total. The Morgan fingerprint density at radius 2 is 2.04 bits per heavy atom. The number of aryl methyl sites for hydroxylation is 2. The number of hydrogen-bond donors (Lipinski definition) is 2. The first-order chi connectivity index (χ1) is 12.1. The summed E-state index contributed by atoms with van der Waals surface area (Å²) < 4.78 is 10.5. The fourth-order valence-electron chi connectivity index (χ4n) is 2.62. The van der Waals surface area contributed by atoms with Crippen LogP contribution in [0.3, 0.4) is 0 Å². The molecule has 1 aromatic carbocycles. The van der Waals surface area contributed by atoms with Gasteiger partial charge in [-0.15, -0.1) is 0 Å². The number of nitrogens with zero attached hydrogens (tertiary/aromatic N) is 2. The molecule has 0 spiro atoms. The monoisotopic (exact) mass is 347 g/mol. The number of aliphatic hydroxyl groups excluding tert-OH is 1. The summed E-state index contributed by atoms with van der Waals surface area (Å²) in [5.74, 6) is 2.09. The number of aromatic amines is 1. The van der Waals surface area contributed by atoms with Crippen LogP contribution in [0.25, 0.3) is 0 Å². The van der Waals surface area contributed by atoms with E-state index in [9.17, 15) is 9.90 Å². The first-order valence-corrected chi connectivity index (χ1v) is 8.17. The number of imidazole rings is 1. The molecule has 2 aromatic rings. The summed E-state index contributed by atoms with van der Waals surface area (Å²) in [6.45, 7) is 2.49. The van der Waals surface area contributed by atoms with Gasteiger partial charge in [-0.3, -0.25) is 4.79 Å². The Kier molecular flexibility index (Phi) is 6.82. The average Bonchev–Trinajstić information content (AvgIpc) is 3.03. The largest absolute Gasteiger partial charge is 0.493 e. The van der Waals surface area contributed by atoms with Gasteiger partial charge in [0, 0.05) is 13.0 Å². The third-order valence-corrected chi connectivity index (χ3v) is 3.91. The van der Waals surface area contributed by atoms with Crippen molar-refractivity contribution in [1.82, 2.24) is 14.9 Å². The Morgan fingerprint density at radius 3 is 2.64 bits per heavy atom. The second-order valence-corrected chi connectivity index (χ2v) is 5.72. The van der Waals surface area contributed by atoms with E-state index in [-0.39, 0.29) is 12.5 Å². The molecule has 7 nitrogen and oxygen atoms in total. The lowest BCUT2D eigenvalue weighted by molar-refractivity contribution is -0.132. The number of H-pyrrole nitrogens is 1. The quantitative estimate of drug-likeness (QED) is 0.721. The Balaban J connectivity index is 1.98. The molecule has 0 fully saturated rings. The van der Waals surface area contributed by atoms with Crippen LogP contribution in [0.15, 0.2) is 24.4 Å². The number of aromatic nitrogens is 2. The smallest absolute Gasteiger partial charge is 0.223 e. The van der Waals surface area contributed by atoms with Crippen LogP contribution in [0, 0.1) is 6.92 Å². The number of carbonyl (C=O) groups excluding carboxylic acids is 1. The van der Waals surface area contributed by atoms with E-state index in [2.05, 4.69) is 9.97 Å². The van der Waals surface area contributed by atoms with E-state index < -0.39 is 0 Å². The highest BCUT2D eigenvalue weighted by Crippen LogP contribution is 2.28. The third-order valence-electron chi connectivity index (χ3n) is 3.91. The Morgan fingerprint density at radius 1 is 1.28 bits per heavy atom. The van der Waals surface area contributed by atoms with Crippen LogP contribution in [0.1, 0.15) is 23.5 Å². The lowest BCUT2D eigenvalue weighted by atomic mass is 10.1. The third kappa shape index (κ3) is 5.22. The van der Waals surface area contributed by atoms with Crippen molar-refractivity contribution in [2.45, 2.75) is 26.3 Å². The van der Waals surface area contributed by atoms with Crippen molar-refractivity contribution in [3.63, 3.8) is 0 Å². The lowest BCUT2D eigenvalue weighted by Crippen LogP contribution is -2.33. The number of methoxy groups -OCH3 is 2. The van der Waals surface area contributed by atoms with E-state index in [0.29, 0.717) is 37.4 Å². The van der Waals surface area contributed by atoms with Crippen LogP contribution < -0.4 is 9.47 Å². The molecule has 0 bridgehead atoms. The van der Waals surface area contributed by atoms with Crippen molar-refractivity contribution in [1.29, 1.82) is 0 Å². The molecule has 0 aliphatic carbocycles. The van der Waals surface area contributed by atoms with Gasteiger partial charge in [-0.25, -0.2) is 4.98 Å². The normalized spacial score (nSPS) is 10.6. The summed E-state index contributed by atoms with van der Waals surface area (Å²) in [5.41, 5.74) is 1.85. The molecule has 0 saturated carbocycles. The summed E-state index contributed by atoms with van der Waals surface area (Å²) in [6.07, 6.45) is 2.65. The molecule has 1 aromatic heterocycles. The molecule has 0 radical (unpaired) electrons. The van der Waals surface area contributed by atoms with Gasteiger partial charge >= 0.3 is 0 Å². The zero-order chi connectivity index (χ0) is 18.2. The highest BCUT2D eigenvalue weighted by atomic mass is 16.5. The van der Waals surface area contributed by atoms with Gasteiger partial charge in [0.25, 0.3) is 0 Å². The molecule has 7 heteroatoms. The molecular weight excluding hydrogens is 322 g/mol. The fourth-order valence-corrected chi connectivity index (χ4v) is 2.62. The maximum Gasteiger partial charge on any atom is 0.223 e. The topological polar surface area (TPSA) is 87.7 Å². The van der Waals surface area contributed by atoms with Gasteiger partial charge < -0.3 is 24.5 Å². The second kappa shape index (κ2) is 9.08. The minimum Gasteiger partial charge on any atom is -0.493 e. The van der Waals surface area contributed by atoms with Crippen molar-refractivity contribution in [3.8, 4) is 11.5 Å².